The van der Waals surface area contributed by atoms with Crippen molar-refractivity contribution in [3.05, 3.63) is 76.1 Å². The molecule has 0 spiro atoms. The number of nitrogens with one attached hydrogen (secondary N) is 2. The van der Waals surface area contributed by atoms with E-state index in [1.165, 1.54) is 0 Å². The molecule has 4 rings (SSSR count). The Morgan fingerprint density at radius 3 is 2.74 bits per heavy atom. The zero-order valence-electron chi connectivity index (χ0n) is 19.8. The predicted molar refractivity (Wildman–Crippen MR) is 137 cm³/mol. The Morgan fingerprint density at radius 2 is 1.97 bits per heavy atom. The van der Waals surface area contributed by atoms with Crippen LogP contribution in [0.2, 0.25) is 0 Å². The van der Waals surface area contributed by atoms with Crippen LogP contribution in [-0.2, 0) is 0 Å². The van der Waals surface area contributed by atoms with Crippen molar-refractivity contribution in [1.82, 2.24) is 19.8 Å². The number of H-pyrrole nitrogens is 1. The molecule has 1 aliphatic rings. The van der Waals surface area contributed by atoms with Gasteiger partial charge < -0.3 is 14.5 Å². The van der Waals surface area contributed by atoms with Crippen molar-refractivity contribution < 1.29 is 4.74 Å². The Hall–Kier alpha value is -4.00. The van der Waals surface area contributed by atoms with E-state index >= 15 is 0 Å². The molecule has 9 heteroatoms. The van der Waals surface area contributed by atoms with Crippen molar-refractivity contribution in [3.8, 4) is 23.1 Å². The van der Waals surface area contributed by atoms with E-state index in [1.54, 1.807) is 18.3 Å². The lowest BCUT2D eigenvalue weighted by atomic mass is 10.1. The van der Waals surface area contributed by atoms with Crippen LogP contribution in [0.25, 0.3) is 11.3 Å². The number of hydrogen-bond donors (Lipinski definition) is 2. The number of piperazine rings is 1. The molecule has 0 saturated carbocycles. The lowest BCUT2D eigenvalue weighted by Crippen LogP contribution is -2.44. The van der Waals surface area contributed by atoms with Crippen molar-refractivity contribution in [2.24, 2.45) is 5.10 Å². The van der Waals surface area contributed by atoms with Gasteiger partial charge in [0.05, 0.1) is 18.5 Å². The predicted octanol–water partition coefficient (Wildman–Crippen LogP) is 2.77. The molecular formula is C26H29N7O2. The molecule has 0 unspecified atom stereocenters. The van der Waals surface area contributed by atoms with Gasteiger partial charge in [0.1, 0.15) is 17.4 Å². The number of ether oxygens (including phenoxy) is 1. The summed E-state index contributed by atoms with van der Waals surface area (Å²) in [5.74, 6) is 0.934. The highest BCUT2D eigenvalue weighted by Gasteiger charge is 2.14. The Labute approximate surface area is 204 Å². The minimum atomic E-state index is -0.522. The molecule has 3 aromatic rings. The fourth-order valence-corrected chi connectivity index (χ4v) is 3.84. The highest BCUT2D eigenvalue weighted by molar-refractivity contribution is 5.80. The molecule has 0 radical (unpaired) electrons. The van der Waals surface area contributed by atoms with Crippen LogP contribution in [0.15, 0.2) is 64.5 Å². The largest absolute Gasteiger partial charge is 0.494 e. The number of nitriles is 1. The summed E-state index contributed by atoms with van der Waals surface area (Å²) in [5, 5.41) is 13.6. The summed E-state index contributed by atoms with van der Waals surface area (Å²) >= 11 is 0. The number of rotatable bonds is 9. The van der Waals surface area contributed by atoms with Crippen LogP contribution in [0, 0.1) is 11.3 Å². The molecule has 1 aromatic heterocycles. The van der Waals surface area contributed by atoms with E-state index in [0.717, 1.165) is 50.5 Å². The van der Waals surface area contributed by atoms with Crippen LogP contribution >= 0.6 is 0 Å². The van der Waals surface area contributed by atoms with Gasteiger partial charge in [-0.05, 0) is 31.2 Å². The quantitative estimate of drug-likeness (QED) is 0.281. The van der Waals surface area contributed by atoms with Gasteiger partial charge in [-0.1, -0.05) is 42.5 Å². The third-order valence-electron chi connectivity index (χ3n) is 5.80. The Balaban J connectivity index is 1.33. The van der Waals surface area contributed by atoms with Gasteiger partial charge in [0.2, 0.25) is 5.95 Å². The number of benzene rings is 2. The molecule has 2 N–H and O–H groups in total. The molecular weight excluding hydrogens is 442 g/mol. The van der Waals surface area contributed by atoms with E-state index in [1.807, 2.05) is 48.5 Å². The fourth-order valence-electron chi connectivity index (χ4n) is 3.84. The highest BCUT2D eigenvalue weighted by Crippen LogP contribution is 2.19. The first-order chi connectivity index (χ1) is 17.1. The fraction of sp³-hybridized carbons (Fsp3) is 0.308. The highest BCUT2D eigenvalue weighted by atomic mass is 16.5. The first kappa shape index (κ1) is 24.1. The summed E-state index contributed by atoms with van der Waals surface area (Å²) < 4.78 is 5.92. The van der Waals surface area contributed by atoms with Gasteiger partial charge in [-0.2, -0.15) is 10.4 Å². The Kier molecular flexibility index (Phi) is 8.22. The minimum Gasteiger partial charge on any atom is -0.494 e. The smallest absolute Gasteiger partial charge is 0.270 e. The second-order valence-electron chi connectivity index (χ2n) is 8.41. The number of hydrazone groups is 1. The molecule has 1 saturated heterocycles. The van der Waals surface area contributed by atoms with Gasteiger partial charge in [0.25, 0.3) is 5.56 Å². The first-order valence-electron chi connectivity index (χ1n) is 11.6. The third kappa shape index (κ3) is 6.76. The second kappa shape index (κ2) is 11.9. The number of nitrogens with zero attached hydrogens (tertiary/aromatic N) is 5. The molecule has 0 bridgehead atoms. The monoisotopic (exact) mass is 471 g/mol. The van der Waals surface area contributed by atoms with E-state index < -0.39 is 5.56 Å². The number of hydrogen-bond acceptors (Lipinski definition) is 8. The average Bonchev–Trinajstić information content (AvgIpc) is 2.88. The Morgan fingerprint density at radius 1 is 1.17 bits per heavy atom. The Bertz CT molecular complexity index is 1240. The molecule has 9 nitrogen and oxygen atoms in total. The van der Waals surface area contributed by atoms with Crippen molar-refractivity contribution in [1.29, 1.82) is 5.26 Å². The zero-order valence-corrected chi connectivity index (χ0v) is 19.8. The first-order valence-corrected chi connectivity index (χ1v) is 11.6. The maximum atomic E-state index is 12.4. The SMILES string of the molecule is CN1CCN(CCCOc2cccc(C=NNc3nc(-c4ccccc4)c(C#N)c(=O)[nH]3)c2)CC1. The van der Waals surface area contributed by atoms with Crippen molar-refractivity contribution in [2.75, 3.05) is 51.8 Å². The van der Waals surface area contributed by atoms with Gasteiger partial charge in [0.15, 0.2) is 0 Å². The van der Waals surface area contributed by atoms with Crippen LogP contribution in [0.5, 0.6) is 5.75 Å². The standard InChI is InChI=1S/C26H29N7O2/c1-32-12-14-33(15-13-32)11-6-16-35-22-10-5-7-20(17-22)19-28-31-26-29-24(21-8-3-2-4-9-21)23(18-27)25(34)30-26/h2-5,7-10,17,19H,6,11-16H2,1H3,(H2,29,30,31,34). The van der Waals surface area contributed by atoms with Gasteiger partial charge >= 0.3 is 0 Å². The minimum absolute atomic E-state index is 0.0387. The number of likely N-dealkylation sites (N-methyl/N-ethyl adjacent to an activating group) is 1. The maximum Gasteiger partial charge on any atom is 0.270 e. The van der Waals surface area contributed by atoms with Crippen molar-refractivity contribution in [2.45, 2.75) is 6.42 Å². The summed E-state index contributed by atoms with van der Waals surface area (Å²) in [4.78, 5) is 24.1. The van der Waals surface area contributed by atoms with E-state index in [-0.39, 0.29) is 11.5 Å². The molecule has 0 atom stereocenters. The van der Waals surface area contributed by atoms with Crippen LogP contribution in [-0.4, -0.2) is 72.4 Å². The molecule has 35 heavy (non-hydrogen) atoms. The van der Waals surface area contributed by atoms with Crippen LogP contribution in [0.3, 0.4) is 0 Å². The topological polar surface area (TPSA) is 110 Å². The maximum absolute atomic E-state index is 12.4. The molecule has 1 aliphatic heterocycles. The second-order valence-corrected chi connectivity index (χ2v) is 8.41. The van der Waals surface area contributed by atoms with Gasteiger partial charge in [0, 0.05) is 38.3 Å². The summed E-state index contributed by atoms with van der Waals surface area (Å²) in [5.41, 5.74) is 4.02. The summed E-state index contributed by atoms with van der Waals surface area (Å²) in [6, 6.07) is 18.7. The molecule has 2 heterocycles. The molecule has 180 valence electrons. The molecule has 0 aliphatic carbocycles. The van der Waals surface area contributed by atoms with E-state index in [4.69, 9.17) is 4.74 Å². The van der Waals surface area contributed by atoms with Gasteiger partial charge in [-0.25, -0.2) is 10.4 Å². The lowest BCUT2D eigenvalue weighted by Gasteiger charge is -2.32. The number of anilines is 1. The summed E-state index contributed by atoms with van der Waals surface area (Å²) in [6.07, 6.45) is 2.60. The van der Waals surface area contributed by atoms with Crippen molar-refractivity contribution in [3.63, 3.8) is 0 Å². The number of aromatic amines is 1. The van der Waals surface area contributed by atoms with Crippen LogP contribution in [0.1, 0.15) is 17.5 Å². The summed E-state index contributed by atoms with van der Waals surface area (Å²) in [6.45, 7) is 6.16. The third-order valence-corrected chi connectivity index (χ3v) is 5.80. The van der Waals surface area contributed by atoms with Gasteiger partial charge in [-0.3, -0.25) is 9.78 Å². The van der Waals surface area contributed by atoms with E-state index in [0.29, 0.717) is 17.9 Å². The lowest BCUT2D eigenvalue weighted by molar-refractivity contribution is 0.145. The molecule has 0 amide bonds. The van der Waals surface area contributed by atoms with Crippen molar-refractivity contribution >= 4 is 12.2 Å². The van der Waals surface area contributed by atoms with Gasteiger partial charge in [-0.15, -0.1) is 0 Å². The molecule has 1 fully saturated rings. The average molecular weight is 472 g/mol. The molecule has 2 aromatic carbocycles. The number of aromatic nitrogens is 2. The summed E-state index contributed by atoms with van der Waals surface area (Å²) in [7, 11) is 2.16. The van der Waals surface area contributed by atoms with E-state index in [9.17, 15) is 10.1 Å². The normalized spacial score (nSPS) is 14.6. The van der Waals surface area contributed by atoms with Crippen LogP contribution in [0.4, 0.5) is 5.95 Å². The zero-order chi connectivity index (χ0) is 24.5. The van der Waals surface area contributed by atoms with E-state index in [2.05, 4.69) is 37.3 Å². The van der Waals surface area contributed by atoms with Crippen LogP contribution < -0.4 is 15.7 Å².